The predicted molar refractivity (Wildman–Crippen MR) is 71.3 cm³/mol. The summed E-state index contributed by atoms with van der Waals surface area (Å²) < 4.78 is 5.30. The van der Waals surface area contributed by atoms with Gasteiger partial charge in [0.1, 0.15) is 5.76 Å². The van der Waals surface area contributed by atoms with Crippen LogP contribution in [-0.4, -0.2) is 6.04 Å². The third-order valence-corrected chi connectivity index (χ3v) is 2.83. The van der Waals surface area contributed by atoms with Gasteiger partial charge in [0.15, 0.2) is 0 Å². The second-order valence-electron chi connectivity index (χ2n) is 4.35. The first-order chi connectivity index (χ1) is 8.78. The molecule has 0 radical (unpaired) electrons. The Balaban J connectivity index is 1.83. The highest BCUT2D eigenvalue weighted by Crippen LogP contribution is 2.13. The van der Waals surface area contributed by atoms with Gasteiger partial charge in [-0.3, -0.25) is 0 Å². The van der Waals surface area contributed by atoms with Crippen molar-refractivity contribution in [3.8, 4) is 6.07 Å². The lowest BCUT2D eigenvalue weighted by molar-refractivity contribution is 0.495. The molecule has 0 aliphatic rings. The van der Waals surface area contributed by atoms with Crippen LogP contribution in [0.4, 0.5) is 5.69 Å². The number of rotatable bonds is 5. The van der Waals surface area contributed by atoms with Crippen molar-refractivity contribution in [1.29, 1.82) is 5.26 Å². The maximum atomic E-state index is 8.72. The highest BCUT2D eigenvalue weighted by atomic mass is 16.3. The minimum atomic E-state index is 0.364. The Morgan fingerprint density at radius 3 is 2.67 bits per heavy atom. The average Bonchev–Trinajstić information content (AvgIpc) is 2.90. The SMILES string of the molecule is CC(CCc1ccco1)Nc1ccc(C#N)cc1. The van der Waals surface area contributed by atoms with Crippen LogP contribution >= 0.6 is 0 Å². The molecule has 92 valence electrons. The molecule has 0 bridgehead atoms. The summed E-state index contributed by atoms with van der Waals surface area (Å²) in [5.74, 6) is 1.02. The van der Waals surface area contributed by atoms with E-state index in [0.29, 0.717) is 11.6 Å². The molecule has 0 amide bonds. The average molecular weight is 240 g/mol. The van der Waals surface area contributed by atoms with Gasteiger partial charge >= 0.3 is 0 Å². The number of benzene rings is 1. The first-order valence-electron chi connectivity index (χ1n) is 6.07. The van der Waals surface area contributed by atoms with Crippen molar-refractivity contribution in [2.24, 2.45) is 0 Å². The van der Waals surface area contributed by atoms with Crippen LogP contribution in [0, 0.1) is 11.3 Å². The lowest BCUT2D eigenvalue weighted by atomic mass is 10.1. The highest BCUT2D eigenvalue weighted by Gasteiger charge is 2.04. The smallest absolute Gasteiger partial charge is 0.103 e. The fourth-order valence-electron chi connectivity index (χ4n) is 1.81. The number of nitriles is 1. The minimum Gasteiger partial charge on any atom is -0.469 e. The zero-order valence-electron chi connectivity index (χ0n) is 10.4. The Bertz CT molecular complexity index is 508. The predicted octanol–water partition coefficient (Wildman–Crippen LogP) is 3.58. The molecule has 18 heavy (non-hydrogen) atoms. The number of hydrogen-bond acceptors (Lipinski definition) is 3. The van der Waals surface area contributed by atoms with Gasteiger partial charge in [0.25, 0.3) is 0 Å². The van der Waals surface area contributed by atoms with Crippen molar-refractivity contribution < 1.29 is 4.42 Å². The molecular formula is C15H16N2O. The molecule has 0 saturated carbocycles. The van der Waals surface area contributed by atoms with E-state index >= 15 is 0 Å². The molecule has 1 unspecified atom stereocenters. The van der Waals surface area contributed by atoms with Crippen molar-refractivity contribution in [3.05, 3.63) is 54.0 Å². The zero-order chi connectivity index (χ0) is 12.8. The van der Waals surface area contributed by atoms with E-state index in [-0.39, 0.29) is 0 Å². The van der Waals surface area contributed by atoms with Crippen molar-refractivity contribution in [1.82, 2.24) is 0 Å². The summed E-state index contributed by atoms with van der Waals surface area (Å²) in [6.45, 7) is 2.14. The normalized spacial score (nSPS) is 11.8. The van der Waals surface area contributed by atoms with Gasteiger partial charge in [-0.1, -0.05) is 0 Å². The monoisotopic (exact) mass is 240 g/mol. The number of furan rings is 1. The van der Waals surface area contributed by atoms with Gasteiger partial charge < -0.3 is 9.73 Å². The Kier molecular flexibility index (Phi) is 4.03. The van der Waals surface area contributed by atoms with Crippen LogP contribution in [0.3, 0.4) is 0 Å². The summed E-state index contributed by atoms with van der Waals surface area (Å²) >= 11 is 0. The third kappa shape index (κ3) is 3.39. The van der Waals surface area contributed by atoms with Crippen LogP contribution in [0.2, 0.25) is 0 Å². The van der Waals surface area contributed by atoms with Crippen LogP contribution in [0.25, 0.3) is 0 Å². The van der Waals surface area contributed by atoms with Crippen molar-refractivity contribution in [2.75, 3.05) is 5.32 Å². The fraction of sp³-hybridized carbons (Fsp3) is 0.267. The maximum absolute atomic E-state index is 8.72. The van der Waals surface area contributed by atoms with Gasteiger partial charge in [0.2, 0.25) is 0 Å². The number of nitrogens with zero attached hydrogens (tertiary/aromatic N) is 1. The standard InChI is InChI=1S/C15H16N2O/c1-12(4-9-15-3-2-10-18-15)17-14-7-5-13(11-16)6-8-14/h2-3,5-8,10,12,17H,4,9H2,1H3. The van der Waals surface area contributed by atoms with Crippen molar-refractivity contribution in [2.45, 2.75) is 25.8 Å². The molecule has 1 aromatic carbocycles. The largest absolute Gasteiger partial charge is 0.469 e. The Morgan fingerprint density at radius 1 is 1.28 bits per heavy atom. The zero-order valence-corrected chi connectivity index (χ0v) is 10.4. The molecular weight excluding hydrogens is 224 g/mol. The topological polar surface area (TPSA) is 49.0 Å². The Morgan fingerprint density at radius 2 is 2.06 bits per heavy atom. The van der Waals surface area contributed by atoms with Crippen LogP contribution < -0.4 is 5.32 Å². The molecule has 1 aromatic heterocycles. The fourth-order valence-corrected chi connectivity index (χ4v) is 1.81. The van der Waals surface area contributed by atoms with E-state index in [1.165, 1.54) is 0 Å². The highest BCUT2D eigenvalue weighted by molar-refractivity contribution is 5.47. The maximum Gasteiger partial charge on any atom is 0.103 e. The van der Waals surface area contributed by atoms with Crippen LogP contribution in [0.15, 0.2) is 47.1 Å². The second-order valence-corrected chi connectivity index (χ2v) is 4.35. The molecule has 2 rings (SSSR count). The summed E-state index contributed by atoms with van der Waals surface area (Å²) in [5, 5.41) is 12.1. The van der Waals surface area contributed by atoms with Gasteiger partial charge in [-0.25, -0.2) is 0 Å². The molecule has 0 saturated heterocycles. The number of nitrogens with one attached hydrogen (secondary N) is 1. The molecule has 0 spiro atoms. The first-order valence-corrected chi connectivity index (χ1v) is 6.07. The summed E-state index contributed by atoms with van der Waals surface area (Å²) in [5.41, 5.74) is 1.73. The van der Waals surface area contributed by atoms with E-state index < -0.39 is 0 Å². The summed E-state index contributed by atoms with van der Waals surface area (Å²) in [6, 6.07) is 13.9. The van der Waals surface area contributed by atoms with E-state index in [4.69, 9.17) is 9.68 Å². The molecule has 1 heterocycles. The summed E-state index contributed by atoms with van der Waals surface area (Å²) in [4.78, 5) is 0. The van der Waals surface area contributed by atoms with E-state index in [0.717, 1.165) is 24.3 Å². The Hall–Kier alpha value is -2.21. The molecule has 3 nitrogen and oxygen atoms in total. The van der Waals surface area contributed by atoms with E-state index in [1.54, 1.807) is 6.26 Å². The van der Waals surface area contributed by atoms with Gasteiger partial charge in [-0.15, -0.1) is 0 Å². The number of anilines is 1. The van der Waals surface area contributed by atoms with Gasteiger partial charge in [0, 0.05) is 18.2 Å². The molecule has 3 heteroatoms. The van der Waals surface area contributed by atoms with Crippen molar-refractivity contribution in [3.63, 3.8) is 0 Å². The third-order valence-electron chi connectivity index (χ3n) is 2.83. The molecule has 0 aliphatic carbocycles. The second kappa shape index (κ2) is 5.92. The van der Waals surface area contributed by atoms with E-state index in [2.05, 4.69) is 18.3 Å². The molecule has 0 aliphatic heterocycles. The minimum absolute atomic E-state index is 0.364. The molecule has 1 atom stereocenters. The van der Waals surface area contributed by atoms with Crippen LogP contribution in [0.5, 0.6) is 0 Å². The summed E-state index contributed by atoms with van der Waals surface area (Å²) in [6.07, 6.45) is 3.64. The number of aryl methyl sites for hydroxylation is 1. The lowest BCUT2D eigenvalue weighted by Crippen LogP contribution is -2.15. The molecule has 0 fully saturated rings. The first kappa shape index (κ1) is 12.3. The van der Waals surface area contributed by atoms with E-state index in [9.17, 15) is 0 Å². The lowest BCUT2D eigenvalue weighted by Gasteiger charge is -2.14. The van der Waals surface area contributed by atoms with Crippen LogP contribution in [0.1, 0.15) is 24.7 Å². The van der Waals surface area contributed by atoms with Crippen molar-refractivity contribution >= 4 is 5.69 Å². The molecule has 2 aromatic rings. The summed E-state index contributed by atoms with van der Waals surface area (Å²) in [7, 11) is 0. The van der Waals surface area contributed by atoms with Gasteiger partial charge in [0.05, 0.1) is 17.9 Å². The number of hydrogen-bond donors (Lipinski definition) is 1. The quantitative estimate of drug-likeness (QED) is 0.868. The van der Waals surface area contributed by atoms with Crippen LogP contribution in [-0.2, 0) is 6.42 Å². The Labute approximate surface area is 107 Å². The van der Waals surface area contributed by atoms with Gasteiger partial charge in [-0.05, 0) is 49.7 Å². The van der Waals surface area contributed by atoms with Gasteiger partial charge in [-0.2, -0.15) is 5.26 Å². The molecule has 1 N–H and O–H groups in total. The van der Waals surface area contributed by atoms with E-state index in [1.807, 2.05) is 36.4 Å².